The van der Waals surface area contributed by atoms with Crippen LogP contribution in [0.2, 0.25) is 0 Å². The van der Waals surface area contributed by atoms with Gasteiger partial charge in [-0.3, -0.25) is 4.79 Å². The molecule has 0 atom stereocenters. The minimum absolute atomic E-state index is 0.0760. The molecule has 1 aromatic rings. The molecule has 0 heterocycles. The van der Waals surface area contributed by atoms with Crippen molar-refractivity contribution in [3.8, 4) is 0 Å². The molecule has 0 aliphatic heterocycles. The first-order chi connectivity index (χ1) is 10.1. The molecule has 1 aliphatic carbocycles. The minimum Gasteiger partial charge on any atom is -0.349 e. The summed E-state index contributed by atoms with van der Waals surface area (Å²) in [6.45, 7) is 0. The lowest BCUT2D eigenvalue weighted by atomic mass is 9.92. The van der Waals surface area contributed by atoms with Crippen molar-refractivity contribution in [1.82, 2.24) is 5.32 Å². The van der Waals surface area contributed by atoms with E-state index in [0.29, 0.717) is 0 Å². The van der Waals surface area contributed by atoms with E-state index < -0.39 is 23.6 Å². The predicted molar refractivity (Wildman–Crippen MR) is 78.8 cm³/mol. The van der Waals surface area contributed by atoms with Crippen LogP contribution >= 0.6 is 22.6 Å². The summed E-state index contributed by atoms with van der Waals surface area (Å²) in [6, 6.07) is 2.73. The van der Waals surface area contributed by atoms with E-state index in [9.17, 15) is 26.7 Å². The molecule has 0 aromatic heterocycles. The van der Waals surface area contributed by atoms with Crippen LogP contribution < -0.4 is 5.32 Å². The first kappa shape index (κ1) is 17.4. The van der Waals surface area contributed by atoms with Crippen LogP contribution in [0.4, 0.5) is 22.0 Å². The average molecular weight is 433 g/mol. The molecular formula is C14H13F5INO. The molecule has 0 bridgehead atoms. The first-order valence-electron chi connectivity index (χ1n) is 6.64. The number of alkyl halides is 5. The molecule has 1 amide bonds. The molecule has 0 saturated heterocycles. The topological polar surface area (TPSA) is 29.1 Å². The van der Waals surface area contributed by atoms with Crippen LogP contribution in [-0.2, 0) is 6.18 Å². The van der Waals surface area contributed by atoms with Crippen molar-refractivity contribution in [2.75, 3.05) is 0 Å². The van der Waals surface area contributed by atoms with Crippen LogP contribution in [0.3, 0.4) is 0 Å². The summed E-state index contributed by atoms with van der Waals surface area (Å²) >= 11 is 1.52. The third kappa shape index (κ3) is 4.30. The quantitative estimate of drug-likeness (QED) is 0.536. The highest BCUT2D eigenvalue weighted by molar-refractivity contribution is 14.1. The number of carbonyl (C=O) groups is 1. The maximum atomic E-state index is 13.0. The van der Waals surface area contributed by atoms with Crippen LogP contribution in [-0.4, -0.2) is 17.9 Å². The summed E-state index contributed by atoms with van der Waals surface area (Å²) in [5, 5.41) is 2.60. The van der Waals surface area contributed by atoms with Crippen molar-refractivity contribution < 1.29 is 26.7 Å². The van der Waals surface area contributed by atoms with Crippen molar-refractivity contribution in [2.24, 2.45) is 0 Å². The Morgan fingerprint density at radius 1 is 1.23 bits per heavy atom. The summed E-state index contributed by atoms with van der Waals surface area (Å²) < 4.78 is 63.9. The predicted octanol–water partition coefficient (Wildman–Crippen LogP) is 4.62. The lowest BCUT2D eigenvalue weighted by molar-refractivity contribution is -0.138. The zero-order chi connectivity index (χ0) is 16.5. The Kier molecular flexibility index (Phi) is 4.98. The van der Waals surface area contributed by atoms with E-state index in [1.807, 2.05) is 0 Å². The second-order valence-electron chi connectivity index (χ2n) is 5.30. The van der Waals surface area contributed by atoms with E-state index in [1.165, 1.54) is 22.6 Å². The Morgan fingerprint density at radius 2 is 1.82 bits per heavy atom. The van der Waals surface area contributed by atoms with Gasteiger partial charge in [0.1, 0.15) is 0 Å². The van der Waals surface area contributed by atoms with Crippen molar-refractivity contribution in [3.05, 3.63) is 32.9 Å². The summed E-state index contributed by atoms with van der Waals surface area (Å²) in [5.74, 6) is -3.23. The number of hydrogen-bond acceptors (Lipinski definition) is 1. The Balaban J connectivity index is 2.03. The largest absolute Gasteiger partial charge is 0.417 e. The van der Waals surface area contributed by atoms with Gasteiger partial charge in [-0.15, -0.1) is 0 Å². The van der Waals surface area contributed by atoms with Gasteiger partial charge in [-0.2, -0.15) is 13.2 Å². The van der Waals surface area contributed by atoms with E-state index in [2.05, 4.69) is 5.32 Å². The van der Waals surface area contributed by atoms with Gasteiger partial charge >= 0.3 is 6.18 Å². The molecule has 22 heavy (non-hydrogen) atoms. The normalized spacial score (nSPS) is 19.0. The van der Waals surface area contributed by atoms with Crippen molar-refractivity contribution >= 4 is 28.5 Å². The molecule has 1 saturated carbocycles. The molecule has 1 fully saturated rings. The molecule has 0 spiro atoms. The summed E-state index contributed by atoms with van der Waals surface area (Å²) in [4.78, 5) is 12.0. The van der Waals surface area contributed by atoms with Crippen LogP contribution in [0, 0.1) is 3.57 Å². The van der Waals surface area contributed by atoms with Gasteiger partial charge in [0.05, 0.1) is 5.56 Å². The Morgan fingerprint density at radius 3 is 2.32 bits per heavy atom. The Bertz CT molecular complexity index is 563. The fraction of sp³-hybridized carbons (Fsp3) is 0.500. The minimum atomic E-state index is -4.47. The van der Waals surface area contributed by atoms with Crippen LogP contribution in [0.1, 0.15) is 41.6 Å². The summed E-state index contributed by atoms with van der Waals surface area (Å²) in [5.41, 5.74) is -0.711. The number of carbonyl (C=O) groups excluding carboxylic acids is 1. The molecule has 2 nitrogen and oxygen atoms in total. The summed E-state index contributed by atoms with van der Waals surface area (Å²) in [6.07, 6.45) is -4.72. The van der Waals surface area contributed by atoms with Crippen LogP contribution in [0.25, 0.3) is 0 Å². The molecule has 2 rings (SSSR count). The monoisotopic (exact) mass is 433 g/mol. The molecule has 0 unspecified atom stereocenters. The molecule has 1 aromatic carbocycles. The fourth-order valence-electron chi connectivity index (χ4n) is 2.34. The highest BCUT2D eigenvalue weighted by Crippen LogP contribution is 2.34. The molecule has 8 heteroatoms. The van der Waals surface area contributed by atoms with E-state index in [1.54, 1.807) is 0 Å². The van der Waals surface area contributed by atoms with Gasteiger partial charge in [0, 0.05) is 28.0 Å². The highest BCUT2D eigenvalue weighted by Gasteiger charge is 2.36. The third-order valence-electron chi connectivity index (χ3n) is 3.59. The molecular weight excluding hydrogens is 420 g/mol. The third-order valence-corrected chi connectivity index (χ3v) is 4.48. The van der Waals surface area contributed by atoms with Gasteiger partial charge in [0.15, 0.2) is 0 Å². The fourth-order valence-corrected chi connectivity index (χ4v) is 3.16. The van der Waals surface area contributed by atoms with Gasteiger partial charge in [-0.25, -0.2) is 8.78 Å². The maximum Gasteiger partial charge on any atom is 0.417 e. The van der Waals surface area contributed by atoms with Crippen molar-refractivity contribution in [2.45, 2.75) is 43.8 Å². The molecule has 1 aliphatic rings. The summed E-state index contributed by atoms with van der Waals surface area (Å²) in [7, 11) is 0. The molecule has 0 radical (unpaired) electrons. The number of halogens is 6. The number of benzene rings is 1. The first-order valence-corrected chi connectivity index (χ1v) is 7.72. The standard InChI is InChI=1S/C14H13F5INO/c15-13(16)5-3-9(4-6-13)21-12(22)8-1-2-10(11(20)7-8)14(17,18)19/h1-2,7,9H,3-6H2,(H,21,22). The van der Waals surface area contributed by atoms with E-state index in [-0.39, 0.29) is 40.9 Å². The van der Waals surface area contributed by atoms with E-state index >= 15 is 0 Å². The Hall–Kier alpha value is -0.930. The highest BCUT2D eigenvalue weighted by atomic mass is 127. The van der Waals surface area contributed by atoms with Gasteiger partial charge in [-0.05, 0) is 53.6 Å². The smallest absolute Gasteiger partial charge is 0.349 e. The lowest BCUT2D eigenvalue weighted by Crippen LogP contribution is -2.40. The van der Waals surface area contributed by atoms with Crippen molar-refractivity contribution in [3.63, 3.8) is 0 Å². The second kappa shape index (κ2) is 6.29. The zero-order valence-corrected chi connectivity index (χ0v) is 13.5. The number of hydrogen-bond donors (Lipinski definition) is 1. The van der Waals surface area contributed by atoms with Gasteiger partial charge in [-0.1, -0.05) is 0 Å². The molecule has 122 valence electrons. The lowest BCUT2D eigenvalue weighted by Gasteiger charge is -2.28. The average Bonchev–Trinajstić information content (AvgIpc) is 2.39. The number of amides is 1. The number of rotatable bonds is 2. The SMILES string of the molecule is O=C(NC1CCC(F)(F)CC1)c1ccc(C(F)(F)F)c(I)c1. The van der Waals surface area contributed by atoms with E-state index in [4.69, 9.17) is 0 Å². The molecule has 1 N–H and O–H groups in total. The van der Waals surface area contributed by atoms with Crippen LogP contribution in [0.5, 0.6) is 0 Å². The number of nitrogens with one attached hydrogen (secondary N) is 1. The second-order valence-corrected chi connectivity index (χ2v) is 6.46. The van der Waals surface area contributed by atoms with Gasteiger partial charge < -0.3 is 5.32 Å². The Labute approximate surface area is 137 Å². The zero-order valence-electron chi connectivity index (χ0n) is 11.3. The van der Waals surface area contributed by atoms with Gasteiger partial charge in [0.25, 0.3) is 5.91 Å². The van der Waals surface area contributed by atoms with Gasteiger partial charge in [0.2, 0.25) is 5.92 Å². The van der Waals surface area contributed by atoms with E-state index in [0.717, 1.165) is 18.2 Å². The van der Waals surface area contributed by atoms with Crippen molar-refractivity contribution in [1.29, 1.82) is 0 Å². The maximum absolute atomic E-state index is 13.0. The van der Waals surface area contributed by atoms with Crippen LogP contribution in [0.15, 0.2) is 18.2 Å².